The number of ether oxygens (including phenoxy) is 6. The third kappa shape index (κ3) is 10.1. The molecule has 0 aromatic carbocycles. The molecule has 0 saturated carbocycles. The predicted molar refractivity (Wildman–Crippen MR) is 197 cm³/mol. The van der Waals surface area contributed by atoms with Crippen molar-refractivity contribution in [3.63, 3.8) is 0 Å². The average molecular weight is 747 g/mol. The van der Waals surface area contributed by atoms with Gasteiger partial charge in [0.15, 0.2) is 12.6 Å². The zero-order chi connectivity index (χ0) is 39.7. The van der Waals surface area contributed by atoms with E-state index in [2.05, 4.69) is 20.8 Å². The van der Waals surface area contributed by atoms with Crippen LogP contribution in [0.4, 0.5) is 0 Å². The zero-order valence-corrected chi connectivity index (χ0v) is 34.7. The maximum atomic E-state index is 14.3. The molecule has 3 saturated heterocycles. The molecule has 0 amide bonds. The van der Waals surface area contributed by atoms with Gasteiger partial charge in [0.05, 0.1) is 35.9 Å². The summed E-state index contributed by atoms with van der Waals surface area (Å²) in [5, 5.41) is 45.8. The maximum absolute atomic E-state index is 14.3. The molecule has 13 heteroatoms. The number of carbonyl (C=O) groups is 1. The third-order valence-electron chi connectivity index (χ3n) is 12.5. The second-order valence-electron chi connectivity index (χ2n) is 17.8. The molecule has 3 fully saturated rings. The summed E-state index contributed by atoms with van der Waals surface area (Å²) in [4.78, 5) is 18.3. The first-order chi connectivity index (χ1) is 23.9. The van der Waals surface area contributed by atoms with Gasteiger partial charge in [-0.3, -0.25) is 4.79 Å². The van der Waals surface area contributed by atoms with Gasteiger partial charge in [0.25, 0.3) is 0 Å². The number of rotatable bonds is 7. The highest BCUT2D eigenvalue weighted by molar-refractivity contribution is 5.73. The molecule has 306 valence electrons. The molecule has 0 aromatic rings. The van der Waals surface area contributed by atoms with Crippen LogP contribution in [-0.2, 0) is 33.2 Å². The Morgan fingerprint density at radius 3 is 2.12 bits per heavy atom. The number of carbonyl (C=O) groups excluding carboxylic acids is 1. The van der Waals surface area contributed by atoms with E-state index in [1.54, 1.807) is 21.0 Å². The normalized spacial score (nSPS) is 47.8. The predicted octanol–water partition coefficient (Wildman–Crippen LogP) is 3.18. The number of methoxy groups -OCH3 is 1. The van der Waals surface area contributed by atoms with Gasteiger partial charge in [-0.2, -0.15) is 0 Å². The van der Waals surface area contributed by atoms with Crippen molar-refractivity contribution >= 4 is 5.97 Å². The Hall–Kier alpha value is -0.970. The zero-order valence-electron chi connectivity index (χ0n) is 34.7. The van der Waals surface area contributed by atoms with Crippen LogP contribution in [-0.4, -0.2) is 156 Å². The largest absolute Gasteiger partial charge is 0.459 e. The fraction of sp³-hybridized carbons (Fsp3) is 0.974. The van der Waals surface area contributed by atoms with Gasteiger partial charge >= 0.3 is 5.97 Å². The fourth-order valence-corrected chi connectivity index (χ4v) is 9.11. The molecule has 8 unspecified atom stereocenters. The Kier molecular flexibility index (Phi) is 15.6. The van der Waals surface area contributed by atoms with Gasteiger partial charge in [-0.15, -0.1) is 0 Å². The SMILES string of the molecule is CC[C@H]1OC(=O)[C@H](C)[C@@H](OC2CC(C)(OC)C(O)C(C)O2)[C@H](C)[C@@H](OC2OC(C)CC(N(C)C)C2O)C(C)(C)C[C@@H](C)CN(C)[C@H](C)[C@@H](O)[C@]1(C)O. The summed E-state index contributed by atoms with van der Waals surface area (Å²) in [5.41, 5.74) is -3.28. The minimum atomic E-state index is -1.75. The lowest BCUT2D eigenvalue weighted by Crippen LogP contribution is -2.59. The molecule has 3 heterocycles. The van der Waals surface area contributed by atoms with Gasteiger partial charge in [0.2, 0.25) is 0 Å². The quantitative estimate of drug-likeness (QED) is 0.282. The number of hydrogen-bond acceptors (Lipinski definition) is 13. The van der Waals surface area contributed by atoms with Crippen molar-refractivity contribution in [1.82, 2.24) is 9.80 Å². The Bertz CT molecular complexity index is 1140. The molecule has 3 rings (SSSR count). The van der Waals surface area contributed by atoms with Crippen LogP contribution in [0.3, 0.4) is 0 Å². The lowest BCUT2D eigenvalue weighted by molar-refractivity contribution is -0.313. The van der Waals surface area contributed by atoms with Gasteiger partial charge in [-0.25, -0.2) is 0 Å². The molecule has 13 nitrogen and oxygen atoms in total. The van der Waals surface area contributed by atoms with Crippen molar-refractivity contribution in [3.8, 4) is 0 Å². The van der Waals surface area contributed by atoms with Gasteiger partial charge in [0, 0.05) is 38.1 Å². The lowest BCUT2D eigenvalue weighted by Gasteiger charge is -2.49. The minimum absolute atomic E-state index is 0.108. The highest BCUT2D eigenvalue weighted by Gasteiger charge is 2.52. The Labute approximate surface area is 313 Å². The molecule has 0 aromatic heterocycles. The Morgan fingerprint density at radius 2 is 1.56 bits per heavy atom. The Balaban J connectivity index is 2.17. The molecule has 3 aliphatic heterocycles. The highest BCUT2D eigenvalue weighted by atomic mass is 16.7. The number of aliphatic hydroxyl groups excluding tert-OH is 3. The van der Waals surface area contributed by atoms with Crippen molar-refractivity contribution in [2.24, 2.45) is 23.2 Å². The molecular formula is C39H74N2O11. The van der Waals surface area contributed by atoms with E-state index in [0.29, 0.717) is 19.4 Å². The molecule has 0 aliphatic carbocycles. The summed E-state index contributed by atoms with van der Waals surface area (Å²) in [5.74, 6) is -1.89. The van der Waals surface area contributed by atoms with Gasteiger partial charge in [-0.05, 0) is 93.3 Å². The Morgan fingerprint density at radius 1 is 0.942 bits per heavy atom. The van der Waals surface area contributed by atoms with Crippen LogP contribution in [0, 0.1) is 23.2 Å². The number of esters is 1. The van der Waals surface area contributed by atoms with E-state index in [0.717, 1.165) is 0 Å². The second kappa shape index (κ2) is 17.9. The standard InChI is InChI=1S/C39H74N2O11/c1-16-28-39(11,46)32(43)25(6)41(14)20-21(2)18-37(8,9)34(52-36-30(42)27(40(12)13)17-22(3)48-36)23(4)31(24(5)35(45)50-28)51-29-19-38(10,47-15)33(44)26(7)49-29/h21-34,36,42-44,46H,16-20H2,1-15H3/t21-,22?,23+,24-,25-,26?,27?,28-,29?,30?,31+,32-,33?,34-,36?,38?,39-/m1/s1. The average Bonchev–Trinajstić information content (AvgIpc) is 3.05. The van der Waals surface area contributed by atoms with Crippen LogP contribution in [0.15, 0.2) is 0 Å². The van der Waals surface area contributed by atoms with E-state index in [9.17, 15) is 25.2 Å². The molecule has 17 atom stereocenters. The van der Waals surface area contributed by atoms with Crippen LogP contribution in [0.2, 0.25) is 0 Å². The summed E-state index contributed by atoms with van der Waals surface area (Å²) in [7, 11) is 7.33. The number of likely N-dealkylation sites (N-methyl/N-ethyl adjacent to an activating group) is 2. The van der Waals surface area contributed by atoms with Crippen LogP contribution in [0.5, 0.6) is 0 Å². The number of aliphatic hydroxyl groups is 4. The van der Waals surface area contributed by atoms with E-state index in [4.69, 9.17) is 28.4 Å². The summed E-state index contributed by atoms with van der Waals surface area (Å²) in [6, 6.07) is -0.644. The second-order valence-corrected chi connectivity index (χ2v) is 17.8. The lowest BCUT2D eigenvalue weighted by atomic mass is 9.71. The smallest absolute Gasteiger partial charge is 0.311 e. The molecule has 0 radical (unpaired) electrons. The maximum Gasteiger partial charge on any atom is 0.311 e. The van der Waals surface area contributed by atoms with Gasteiger partial charge in [0.1, 0.15) is 30.0 Å². The molecule has 52 heavy (non-hydrogen) atoms. The van der Waals surface area contributed by atoms with E-state index in [1.165, 1.54) is 6.92 Å². The van der Waals surface area contributed by atoms with E-state index in [1.807, 2.05) is 65.6 Å². The number of hydrogen-bond donors (Lipinski definition) is 4. The van der Waals surface area contributed by atoms with Crippen LogP contribution in [0.1, 0.15) is 102 Å². The first-order valence-electron chi connectivity index (χ1n) is 19.4. The van der Waals surface area contributed by atoms with Crippen LogP contribution >= 0.6 is 0 Å². The van der Waals surface area contributed by atoms with Crippen LogP contribution < -0.4 is 0 Å². The fourth-order valence-electron chi connectivity index (χ4n) is 9.11. The summed E-state index contributed by atoms with van der Waals surface area (Å²) in [6.45, 7) is 21.5. The van der Waals surface area contributed by atoms with E-state index >= 15 is 0 Å². The summed E-state index contributed by atoms with van der Waals surface area (Å²) >= 11 is 0. The van der Waals surface area contributed by atoms with E-state index < -0.39 is 95.8 Å². The van der Waals surface area contributed by atoms with Crippen molar-refractivity contribution in [2.45, 2.75) is 187 Å². The number of nitrogens with zero attached hydrogens (tertiary/aromatic N) is 2. The van der Waals surface area contributed by atoms with Crippen molar-refractivity contribution < 1.29 is 53.6 Å². The van der Waals surface area contributed by atoms with Crippen LogP contribution in [0.25, 0.3) is 0 Å². The van der Waals surface area contributed by atoms with Crippen molar-refractivity contribution in [1.29, 1.82) is 0 Å². The van der Waals surface area contributed by atoms with Crippen molar-refractivity contribution in [3.05, 3.63) is 0 Å². The van der Waals surface area contributed by atoms with Gasteiger partial charge < -0.3 is 58.6 Å². The molecule has 4 N–H and O–H groups in total. The number of cyclic esters (lactones) is 1. The molecule has 0 spiro atoms. The van der Waals surface area contributed by atoms with Gasteiger partial charge in [-0.1, -0.05) is 34.6 Å². The first-order valence-corrected chi connectivity index (χ1v) is 19.4. The third-order valence-corrected chi connectivity index (χ3v) is 12.5. The molecule has 0 bridgehead atoms. The highest BCUT2D eigenvalue weighted by Crippen LogP contribution is 2.43. The first kappa shape index (κ1) is 45.4. The summed E-state index contributed by atoms with van der Waals surface area (Å²) < 4.78 is 38.2. The van der Waals surface area contributed by atoms with E-state index in [-0.39, 0.29) is 30.9 Å². The topological polar surface area (TPSA) is 160 Å². The molecule has 3 aliphatic rings. The monoisotopic (exact) mass is 747 g/mol. The summed E-state index contributed by atoms with van der Waals surface area (Å²) in [6.07, 6.45) is -6.34. The molecular weight excluding hydrogens is 672 g/mol. The minimum Gasteiger partial charge on any atom is -0.459 e. The van der Waals surface area contributed by atoms with Crippen molar-refractivity contribution in [2.75, 3.05) is 34.8 Å².